The van der Waals surface area contributed by atoms with E-state index in [0.717, 1.165) is 37.4 Å². The van der Waals surface area contributed by atoms with Crippen LogP contribution in [-0.2, 0) is 0 Å². The molecule has 0 aliphatic carbocycles. The van der Waals surface area contributed by atoms with Crippen LogP contribution in [-0.4, -0.2) is 51.6 Å². The summed E-state index contributed by atoms with van der Waals surface area (Å²) in [6.45, 7) is 3.48. The third-order valence-electron chi connectivity index (χ3n) is 3.94. The Labute approximate surface area is 142 Å². The van der Waals surface area contributed by atoms with Gasteiger partial charge >= 0.3 is 0 Å². The Kier molecular flexibility index (Phi) is 6.59. The van der Waals surface area contributed by atoms with Crippen LogP contribution in [0.4, 0.5) is 0 Å². The molecule has 0 saturated carbocycles. The second kappa shape index (κ2) is 7.76. The third kappa shape index (κ3) is 3.51. The van der Waals surface area contributed by atoms with Crippen LogP contribution in [0.1, 0.15) is 29.0 Å². The zero-order valence-corrected chi connectivity index (χ0v) is 14.3. The van der Waals surface area contributed by atoms with Gasteiger partial charge in [-0.05, 0) is 38.9 Å². The van der Waals surface area contributed by atoms with E-state index in [1.165, 1.54) is 0 Å². The van der Waals surface area contributed by atoms with Crippen molar-refractivity contribution < 1.29 is 4.79 Å². The fraction of sp³-hybridized carbons (Fsp3) is 0.500. The fourth-order valence-corrected chi connectivity index (χ4v) is 2.71. The maximum Gasteiger partial charge on any atom is 0.255 e. The van der Waals surface area contributed by atoms with Gasteiger partial charge in [-0.3, -0.25) is 9.20 Å². The van der Waals surface area contributed by atoms with Crippen LogP contribution in [0.25, 0.3) is 5.65 Å². The second-order valence-corrected chi connectivity index (χ2v) is 5.27. The Balaban J connectivity index is 0.00000121. The summed E-state index contributed by atoms with van der Waals surface area (Å²) in [7, 11) is 1.95. The highest BCUT2D eigenvalue weighted by atomic mass is 35.5. The highest BCUT2D eigenvalue weighted by Gasteiger charge is 2.23. The lowest BCUT2D eigenvalue weighted by molar-refractivity contribution is 0.0697. The highest BCUT2D eigenvalue weighted by molar-refractivity contribution is 5.94. The van der Waals surface area contributed by atoms with Gasteiger partial charge in [-0.1, -0.05) is 0 Å². The largest absolute Gasteiger partial charge is 0.337 e. The molecule has 3 heterocycles. The molecule has 6 nitrogen and oxygen atoms in total. The van der Waals surface area contributed by atoms with Crippen LogP contribution in [0.3, 0.4) is 0 Å². The lowest BCUT2D eigenvalue weighted by atomic mass is 10.1. The number of rotatable bonds is 2. The third-order valence-corrected chi connectivity index (χ3v) is 3.94. The summed E-state index contributed by atoms with van der Waals surface area (Å²) < 4.78 is 1.85. The van der Waals surface area contributed by atoms with Gasteiger partial charge in [0.05, 0.1) is 5.56 Å². The number of nitrogens with one attached hydrogen (secondary N) is 1. The summed E-state index contributed by atoms with van der Waals surface area (Å²) >= 11 is 0. The number of aryl methyl sites for hydroxylation is 1. The predicted molar refractivity (Wildman–Crippen MR) is 90.2 cm³/mol. The van der Waals surface area contributed by atoms with E-state index in [1.807, 2.05) is 41.6 Å². The molecule has 1 aliphatic heterocycles. The number of piperidine rings is 1. The number of carbonyl (C=O) groups excluding carboxylic acids is 1. The van der Waals surface area contributed by atoms with Crippen LogP contribution in [0.15, 0.2) is 18.3 Å². The summed E-state index contributed by atoms with van der Waals surface area (Å²) in [6.07, 6.45) is 4.00. The minimum absolute atomic E-state index is 0. The average Bonchev–Trinajstić information content (AvgIpc) is 2.87. The number of fused-ring (bicyclic) bond motifs is 1. The number of nitrogens with zero attached hydrogens (tertiary/aromatic N) is 4. The number of hydrogen-bond donors (Lipinski definition) is 1. The van der Waals surface area contributed by atoms with E-state index in [4.69, 9.17) is 0 Å². The molecule has 2 aromatic heterocycles. The Hall–Kier alpha value is -1.37. The Morgan fingerprint density at radius 2 is 2.09 bits per heavy atom. The Bertz CT molecular complexity index is 645. The zero-order valence-electron chi connectivity index (χ0n) is 12.7. The molecule has 122 valence electrons. The predicted octanol–water partition coefficient (Wildman–Crippen LogP) is 1.71. The van der Waals surface area contributed by atoms with Gasteiger partial charge in [-0.2, -0.15) is 0 Å². The molecule has 22 heavy (non-hydrogen) atoms. The molecule has 1 atom stereocenters. The van der Waals surface area contributed by atoms with Crippen LogP contribution < -0.4 is 5.32 Å². The van der Waals surface area contributed by atoms with Gasteiger partial charge in [0.1, 0.15) is 5.82 Å². The summed E-state index contributed by atoms with van der Waals surface area (Å²) in [5.41, 5.74) is 1.46. The molecule has 0 spiro atoms. The van der Waals surface area contributed by atoms with E-state index in [0.29, 0.717) is 11.6 Å². The van der Waals surface area contributed by atoms with Gasteiger partial charge in [0.15, 0.2) is 5.65 Å². The first-order valence-electron chi connectivity index (χ1n) is 6.97. The lowest BCUT2D eigenvalue weighted by Gasteiger charge is -2.32. The maximum atomic E-state index is 12.6. The molecule has 2 aromatic rings. The number of halogens is 2. The SMILES string of the molecule is CNC1CCCN(C(=O)c2ccc3nnc(C)n3c2)C1.Cl.Cl. The number of amides is 1. The fourth-order valence-electron chi connectivity index (χ4n) is 2.71. The quantitative estimate of drug-likeness (QED) is 0.899. The summed E-state index contributed by atoms with van der Waals surface area (Å²) in [5, 5.41) is 11.3. The molecule has 8 heteroatoms. The molecule has 0 radical (unpaired) electrons. The minimum atomic E-state index is 0. The van der Waals surface area contributed by atoms with E-state index in [-0.39, 0.29) is 30.7 Å². The van der Waals surface area contributed by atoms with Crippen LogP contribution in [0.5, 0.6) is 0 Å². The first-order chi connectivity index (χ1) is 9.69. The van der Waals surface area contributed by atoms with Crippen molar-refractivity contribution in [2.45, 2.75) is 25.8 Å². The zero-order chi connectivity index (χ0) is 14.1. The molecule has 1 saturated heterocycles. The normalized spacial score (nSPS) is 17.7. The monoisotopic (exact) mass is 345 g/mol. The minimum Gasteiger partial charge on any atom is -0.337 e. The summed E-state index contributed by atoms with van der Waals surface area (Å²) in [5.74, 6) is 0.876. The number of hydrogen-bond acceptors (Lipinski definition) is 4. The molecule has 1 unspecified atom stereocenters. The number of carbonyl (C=O) groups is 1. The van der Waals surface area contributed by atoms with Gasteiger partial charge in [-0.25, -0.2) is 0 Å². The van der Waals surface area contributed by atoms with Crippen LogP contribution >= 0.6 is 24.8 Å². The number of aromatic nitrogens is 3. The Morgan fingerprint density at radius 1 is 1.32 bits per heavy atom. The molecule has 3 rings (SSSR count). The van der Waals surface area contributed by atoms with Crippen molar-refractivity contribution in [2.75, 3.05) is 20.1 Å². The molecule has 1 fully saturated rings. The molecule has 1 aliphatic rings. The standard InChI is InChI=1S/C14H19N5O.2ClH/c1-10-16-17-13-6-5-11(8-19(10)13)14(20)18-7-3-4-12(9-18)15-2;;/h5-6,8,12,15H,3-4,7,9H2,1-2H3;2*1H. The van der Waals surface area contributed by atoms with Crippen LogP contribution in [0.2, 0.25) is 0 Å². The lowest BCUT2D eigenvalue weighted by Crippen LogP contribution is -2.47. The molecular weight excluding hydrogens is 325 g/mol. The van der Waals surface area contributed by atoms with Crippen LogP contribution in [0, 0.1) is 6.92 Å². The Morgan fingerprint density at radius 3 is 2.82 bits per heavy atom. The van der Waals surface area contributed by atoms with Gasteiger partial charge in [-0.15, -0.1) is 35.0 Å². The smallest absolute Gasteiger partial charge is 0.255 e. The van der Waals surface area contributed by atoms with Crippen molar-refractivity contribution in [1.82, 2.24) is 24.8 Å². The highest BCUT2D eigenvalue weighted by Crippen LogP contribution is 2.14. The first-order valence-corrected chi connectivity index (χ1v) is 6.97. The molecule has 0 bridgehead atoms. The van der Waals surface area contributed by atoms with E-state index in [9.17, 15) is 4.79 Å². The van der Waals surface area contributed by atoms with Crippen molar-refractivity contribution in [2.24, 2.45) is 0 Å². The van der Waals surface area contributed by atoms with E-state index in [1.54, 1.807) is 0 Å². The number of likely N-dealkylation sites (tertiary alicyclic amines) is 1. The maximum absolute atomic E-state index is 12.6. The van der Waals surface area contributed by atoms with Gasteiger partial charge in [0.2, 0.25) is 0 Å². The topological polar surface area (TPSA) is 62.5 Å². The summed E-state index contributed by atoms with van der Waals surface area (Å²) in [4.78, 5) is 14.5. The number of pyridine rings is 1. The first kappa shape index (κ1) is 18.7. The molecule has 1 N–H and O–H groups in total. The van der Waals surface area contributed by atoms with E-state index < -0.39 is 0 Å². The van der Waals surface area contributed by atoms with Gasteiger partial charge in [0, 0.05) is 25.3 Å². The van der Waals surface area contributed by atoms with Crippen molar-refractivity contribution >= 4 is 36.4 Å². The van der Waals surface area contributed by atoms with Crippen molar-refractivity contribution in [3.63, 3.8) is 0 Å². The van der Waals surface area contributed by atoms with Crippen molar-refractivity contribution in [3.8, 4) is 0 Å². The summed E-state index contributed by atoms with van der Waals surface area (Å²) in [6, 6.07) is 4.06. The number of likely N-dealkylation sites (N-methyl/N-ethyl adjacent to an activating group) is 1. The second-order valence-electron chi connectivity index (χ2n) is 5.27. The molecule has 1 amide bonds. The van der Waals surface area contributed by atoms with E-state index >= 15 is 0 Å². The van der Waals surface area contributed by atoms with Crippen molar-refractivity contribution in [1.29, 1.82) is 0 Å². The average molecular weight is 346 g/mol. The molecular formula is C14H21Cl2N5O. The van der Waals surface area contributed by atoms with Crippen molar-refractivity contribution in [3.05, 3.63) is 29.7 Å². The molecule has 0 aromatic carbocycles. The van der Waals surface area contributed by atoms with E-state index in [2.05, 4.69) is 15.5 Å². The van der Waals surface area contributed by atoms with Gasteiger partial charge < -0.3 is 10.2 Å². The van der Waals surface area contributed by atoms with Gasteiger partial charge in [0.25, 0.3) is 5.91 Å².